The maximum atomic E-state index is 6.15. The lowest BCUT2D eigenvalue weighted by Gasteiger charge is -2.04. The summed E-state index contributed by atoms with van der Waals surface area (Å²) in [6.07, 6.45) is 2.70. The van der Waals surface area contributed by atoms with E-state index in [0.29, 0.717) is 11.0 Å². The monoisotopic (exact) mass is 364 g/mol. The topological polar surface area (TPSA) is 68.0 Å². The third-order valence-electron chi connectivity index (χ3n) is 4.05. The highest BCUT2D eigenvalue weighted by atomic mass is 35.5. The van der Waals surface area contributed by atoms with Crippen molar-refractivity contribution in [3.05, 3.63) is 59.1 Å². The van der Waals surface area contributed by atoms with Gasteiger partial charge in [0.05, 0.1) is 11.7 Å². The van der Waals surface area contributed by atoms with Crippen LogP contribution in [0.15, 0.2) is 53.6 Å². The Bertz CT molecular complexity index is 1090. The van der Waals surface area contributed by atoms with Gasteiger partial charge in [-0.1, -0.05) is 48.9 Å². The van der Waals surface area contributed by atoms with Gasteiger partial charge in [-0.2, -0.15) is 10.1 Å². The van der Waals surface area contributed by atoms with Crippen molar-refractivity contribution in [3.63, 3.8) is 0 Å². The summed E-state index contributed by atoms with van der Waals surface area (Å²) in [5.74, 6) is 0.357. The minimum Gasteiger partial charge on any atom is -0.324 e. The number of rotatable bonds is 5. The van der Waals surface area contributed by atoms with Crippen LogP contribution >= 0.6 is 11.6 Å². The molecular weight excluding hydrogens is 348 g/mol. The molecule has 0 amide bonds. The molecule has 0 radical (unpaired) electrons. The molecule has 0 aliphatic carbocycles. The zero-order valence-corrected chi connectivity index (χ0v) is 15.0. The maximum Gasteiger partial charge on any atom is 0.265 e. The van der Waals surface area contributed by atoms with E-state index >= 15 is 0 Å². The summed E-state index contributed by atoms with van der Waals surface area (Å²) in [7, 11) is 0. The van der Waals surface area contributed by atoms with Gasteiger partial charge < -0.3 is 4.57 Å². The van der Waals surface area contributed by atoms with Crippen LogP contribution in [0, 0.1) is 0 Å². The molecule has 0 saturated carbocycles. The average molecular weight is 365 g/mol. The molecule has 2 heterocycles. The van der Waals surface area contributed by atoms with Crippen LogP contribution in [-0.2, 0) is 6.54 Å². The number of aromatic nitrogens is 4. The number of hydrogen-bond acceptors (Lipinski definition) is 5. The van der Waals surface area contributed by atoms with Crippen molar-refractivity contribution in [1.29, 1.82) is 0 Å². The lowest BCUT2D eigenvalue weighted by molar-refractivity contribution is 0.716. The quantitative estimate of drug-likeness (QED) is 0.418. The van der Waals surface area contributed by atoms with E-state index in [1.54, 1.807) is 6.21 Å². The van der Waals surface area contributed by atoms with Crippen LogP contribution in [0.4, 0.5) is 5.95 Å². The van der Waals surface area contributed by atoms with Crippen LogP contribution in [0.3, 0.4) is 0 Å². The van der Waals surface area contributed by atoms with Crippen molar-refractivity contribution >= 4 is 45.8 Å². The van der Waals surface area contributed by atoms with Gasteiger partial charge in [-0.15, -0.1) is 10.2 Å². The number of hydrogen-bond donors (Lipinski definition) is 1. The third-order valence-corrected chi connectivity index (χ3v) is 4.29. The molecule has 0 atom stereocenters. The zero-order chi connectivity index (χ0) is 17.9. The van der Waals surface area contributed by atoms with E-state index in [4.69, 9.17) is 11.6 Å². The van der Waals surface area contributed by atoms with Gasteiger partial charge in [0.1, 0.15) is 5.52 Å². The first-order chi connectivity index (χ1) is 12.8. The molecule has 2 aromatic carbocycles. The number of nitrogens with zero attached hydrogens (tertiary/aromatic N) is 5. The van der Waals surface area contributed by atoms with Gasteiger partial charge in [0.25, 0.3) is 5.95 Å². The first-order valence-electron chi connectivity index (χ1n) is 8.42. The predicted octanol–water partition coefficient (Wildman–Crippen LogP) is 4.49. The number of aryl methyl sites for hydroxylation is 1. The molecule has 0 unspecified atom stereocenters. The Kier molecular flexibility index (Phi) is 4.50. The Labute approximate surface area is 155 Å². The van der Waals surface area contributed by atoms with Crippen molar-refractivity contribution in [2.75, 3.05) is 5.43 Å². The number of benzene rings is 2. The Balaban J connectivity index is 1.73. The highest BCUT2D eigenvalue weighted by Crippen LogP contribution is 2.29. The van der Waals surface area contributed by atoms with Gasteiger partial charge in [0.15, 0.2) is 5.65 Å². The molecule has 130 valence electrons. The van der Waals surface area contributed by atoms with Gasteiger partial charge in [0.2, 0.25) is 0 Å². The van der Waals surface area contributed by atoms with Gasteiger partial charge in [-0.25, -0.2) is 5.43 Å². The number of nitrogens with one attached hydrogen (secondary N) is 1. The van der Waals surface area contributed by atoms with Crippen LogP contribution in [0.25, 0.3) is 22.1 Å². The summed E-state index contributed by atoms with van der Waals surface area (Å²) < 4.78 is 2.14. The van der Waals surface area contributed by atoms with E-state index in [2.05, 4.69) is 37.2 Å². The SMILES string of the molecule is CCCn1c2ccc(Cl)cc2c2nnc(N/N=C/c3ccccc3)nc21. The van der Waals surface area contributed by atoms with Crippen molar-refractivity contribution in [2.45, 2.75) is 19.9 Å². The van der Waals surface area contributed by atoms with E-state index in [1.807, 2.05) is 48.5 Å². The fraction of sp³-hybridized carbons (Fsp3) is 0.158. The molecule has 0 spiro atoms. The lowest BCUT2D eigenvalue weighted by Crippen LogP contribution is -2.03. The Morgan fingerprint density at radius 2 is 2.00 bits per heavy atom. The molecule has 0 aliphatic heterocycles. The van der Waals surface area contributed by atoms with Crippen molar-refractivity contribution in [3.8, 4) is 0 Å². The molecule has 0 saturated heterocycles. The van der Waals surface area contributed by atoms with E-state index in [1.165, 1.54) is 0 Å². The second-order valence-corrected chi connectivity index (χ2v) is 6.34. The normalized spacial score (nSPS) is 11.6. The molecule has 7 heteroatoms. The van der Waals surface area contributed by atoms with Crippen LogP contribution in [-0.4, -0.2) is 26.0 Å². The Morgan fingerprint density at radius 3 is 2.81 bits per heavy atom. The summed E-state index contributed by atoms with van der Waals surface area (Å²) in [5, 5.41) is 14.3. The maximum absolute atomic E-state index is 6.15. The van der Waals surface area contributed by atoms with Crippen LogP contribution < -0.4 is 5.43 Å². The summed E-state index contributed by atoms with van der Waals surface area (Å²) in [5.41, 5.74) is 6.42. The largest absolute Gasteiger partial charge is 0.324 e. The van der Waals surface area contributed by atoms with Gasteiger partial charge in [-0.05, 0) is 30.2 Å². The Hall–Kier alpha value is -2.99. The predicted molar refractivity (Wildman–Crippen MR) is 106 cm³/mol. The second-order valence-electron chi connectivity index (χ2n) is 5.90. The van der Waals surface area contributed by atoms with Crippen molar-refractivity contribution < 1.29 is 0 Å². The van der Waals surface area contributed by atoms with Gasteiger partial charge in [-0.3, -0.25) is 0 Å². The number of fused-ring (bicyclic) bond motifs is 3. The van der Waals surface area contributed by atoms with Crippen molar-refractivity contribution in [1.82, 2.24) is 19.7 Å². The highest BCUT2D eigenvalue weighted by molar-refractivity contribution is 6.31. The molecule has 0 bridgehead atoms. The molecule has 0 aliphatic rings. The molecule has 1 N–H and O–H groups in total. The lowest BCUT2D eigenvalue weighted by atomic mass is 10.2. The van der Waals surface area contributed by atoms with Crippen molar-refractivity contribution in [2.24, 2.45) is 5.10 Å². The van der Waals surface area contributed by atoms with Crippen LogP contribution in [0.1, 0.15) is 18.9 Å². The molecular formula is C19H17ClN6. The summed E-state index contributed by atoms with van der Waals surface area (Å²) in [4.78, 5) is 4.61. The summed E-state index contributed by atoms with van der Waals surface area (Å²) in [6.45, 7) is 2.97. The highest BCUT2D eigenvalue weighted by Gasteiger charge is 2.14. The fourth-order valence-electron chi connectivity index (χ4n) is 2.93. The fourth-order valence-corrected chi connectivity index (χ4v) is 3.10. The first kappa shape index (κ1) is 16.5. The Morgan fingerprint density at radius 1 is 1.15 bits per heavy atom. The minimum absolute atomic E-state index is 0.357. The van der Waals surface area contributed by atoms with Crippen LogP contribution in [0.2, 0.25) is 5.02 Å². The zero-order valence-electron chi connectivity index (χ0n) is 14.2. The molecule has 6 nitrogen and oxygen atoms in total. The van der Waals surface area contributed by atoms with E-state index in [-0.39, 0.29) is 0 Å². The van der Waals surface area contributed by atoms with Gasteiger partial charge in [0, 0.05) is 17.0 Å². The van der Waals surface area contributed by atoms with Crippen LogP contribution in [0.5, 0.6) is 0 Å². The van der Waals surface area contributed by atoms with E-state index in [9.17, 15) is 0 Å². The molecule has 4 aromatic rings. The average Bonchev–Trinajstić information content (AvgIpc) is 2.96. The molecule has 2 aromatic heterocycles. The van der Waals surface area contributed by atoms with Gasteiger partial charge >= 0.3 is 0 Å². The number of anilines is 1. The minimum atomic E-state index is 0.357. The first-order valence-corrected chi connectivity index (χ1v) is 8.80. The number of halogens is 1. The van der Waals surface area contributed by atoms with E-state index < -0.39 is 0 Å². The number of hydrazone groups is 1. The molecule has 26 heavy (non-hydrogen) atoms. The van der Waals surface area contributed by atoms with E-state index in [0.717, 1.165) is 40.6 Å². The smallest absolute Gasteiger partial charge is 0.265 e. The standard InChI is InChI=1S/C19H17ClN6/c1-2-10-26-16-9-8-14(20)11-15(16)17-18(26)22-19(25-23-17)24-21-12-13-6-4-3-5-7-13/h3-9,11-12H,2,10H2,1H3,(H,22,24,25)/b21-12+. The molecule has 4 rings (SSSR count). The summed E-state index contributed by atoms with van der Waals surface area (Å²) in [6, 6.07) is 15.6. The molecule has 0 fully saturated rings. The third kappa shape index (κ3) is 3.11. The second kappa shape index (κ2) is 7.09. The summed E-state index contributed by atoms with van der Waals surface area (Å²) >= 11 is 6.15.